The van der Waals surface area contributed by atoms with E-state index in [0.717, 1.165) is 23.7 Å². The molecule has 0 radical (unpaired) electrons. The standard InChI is InChI=1S/C16H23N3O3S/c1-17-15(20)11-18-7-9-19(10-8-18)16(21)12-23-14-5-3-13(22-2)4-6-14/h3-6H,7-12H2,1-2H3,(H,17,20)/p+1. The van der Waals surface area contributed by atoms with E-state index in [4.69, 9.17) is 4.74 Å². The van der Waals surface area contributed by atoms with Crippen molar-refractivity contribution in [1.29, 1.82) is 0 Å². The molecule has 1 aliphatic rings. The minimum Gasteiger partial charge on any atom is -0.497 e. The molecular formula is C16H24N3O3S+. The van der Waals surface area contributed by atoms with Crippen molar-refractivity contribution in [2.75, 3.05) is 52.6 Å². The minimum atomic E-state index is 0.0508. The van der Waals surface area contributed by atoms with E-state index < -0.39 is 0 Å². The average Bonchev–Trinajstić information content (AvgIpc) is 2.60. The van der Waals surface area contributed by atoms with Gasteiger partial charge in [0.15, 0.2) is 6.54 Å². The zero-order valence-corrected chi connectivity index (χ0v) is 14.4. The third-order valence-corrected chi connectivity index (χ3v) is 4.93. The molecule has 0 spiro atoms. The molecule has 126 valence electrons. The summed E-state index contributed by atoms with van der Waals surface area (Å²) in [5.41, 5.74) is 0. The average molecular weight is 338 g/mol. The number of thioether (sulfide) groups is 1. The topological polar surface area (TPSA) is 63.1 Å². The van der Waals surface area contributed by atoms with E-state index in [1.807, 2.05) is 29.2 Å². The Balaban J connectivity index is 1.73. The highest BCUT2D eigenvalue weighted by atomic mass is 32.2. The van der Waals surface area contributed by atoms with Crippen molar-refractivity contribution in [1.82, 2.24) is 10.2 Å². The van der Waals surface area contributed by atoms with Crippen LogP contribution in [0.2, 0.25) is 0 Å². The smallest absolute Gasteiger partial charge is 0.274 e. The molecule has 6 nitrogen and oxygen atoms in total. The number of piperazine rings is 1. The van der Waals surface area contributed by atoms with Crippen molar-refractivity contribution < 1.29 is 19.2 Å². The van der Waals surface area contributed by atoms with Gasteiger partial charge in [0.1, 0.15) is 5.75 Å². The van der Waals surface area contributed by atoms with Gasteiger partial charge in [0.2, 0.25) is 5.91 Å². The molecule has 0 atom stereocenters. The zero-order valence-electron chi connectivity index (χ0n) is 13.6. The number of rotatable bonds is 6. The zero-order chi connectivity index (χ0) is 16.7. The van der Waals surface area contributed by atoms with Gasteiger partial charge in [0, 0.05) is 11.9 Å². The van der Waals surface area contributed by atoms with E-state index in [1.165, 1.54) is 16.7 Å². The van der Waals surface area contributed by atoms with Gasteiger partial charge in [-0.15, -0.1) is 11.8 Å². The Morgan fingerprint density at radius 2 is 1.91 bits per heavy atom. The van der Waals surface area contributed by atoms with Gasteiger partial charge < -0.3 is 19.9 Å². The molecule has 1 aromatic rings. The van der Waals surface area contributed by atoms with Crippen molar-refractivity contribution in [3.8, 4) is 5.75 Å². The molecule has 0 unspecified atom stereocenters. The lowest BCUT2D eigenvalue weighted by Crippen LogP contribution is -3.15. The molecule has 2 amide bonds. The largest absolute Gasteiger partial charge is 0.497 e. The first kappa shape index (κ1) is 17.6. The van der Waals surface area contributed by atoms with E-state index in [9.17, 15) is 9.59 Å². The Labute approximate surface area is 141 Å². The van der Waals surface area contributed by atoms with Crippen LogP contribution in [0.15, 0.2) is 29.2 Å². The second-order valence-corrected chi connectivity index (χ2v) is 6.49. The summed E-state index contributed by atoms with van der Waals surface area (Å²) in [5, 5.41) is 2.64. The fourth-order valence-corrected chi connectivity index (χ4v) is 3.27. The Morgan fingerprint density at radius 1 is 1.26 bits per heavy atom. The molecule has 1 fully saturated rings. The lowest BCUT2D eigenvalue weighted by molar-refractivity contribution is -0.896. The summed E-state index contributed by atoms with van der Waals surface area (Å²) in [6, 6.07) is 7.71. The van der Waals surface area contributed by atoms with Crippen molar-refractivity contribution in [3.05, 3.63) is 24.3 Å². The second-order valence-electron chi connectivity index (χ2n) is 5.44. The number of hydrogen-bond donors (Lipinski definition) is 2. The van der Waals surface area contributed by atoms with Crippen LogP contribution < -0.4 is 15.0 Å². The lowest BCUT2D eigenvalue weighted by Gasteiger charge is -2.31. The van der Waals surface area contributed by atoms with Gasteiger partial charge in [-0.2, -0.15) is 0 Å². The van der Waals surface area contributed by atoms with Gasteiger partial charge in [0.05, 0.1) is 39.0 Å². The highest BCUT2D eigenvalue weighted by Gasteiger charge is 2.24. The number of methoxy groups -OCH3 is 1. The molecule has 0 aromatic heterocycles. The fraction of sp³-hybridized carbons (Fsp3) is 0.500. The Bertz CT molecular complexity index is 528. The minimum absolute atomic E-state index is 0.0508. The van der Waals surface area contributed by atoms with Crippen LogP contribution in [0.5, 0.6) is 5.75 Å². The van der Waals surface area contributed by atoms with E-state index in [0.29, 0.717) is 25.4 Å². The molecule has 1 aliphatic heterocycles. The van der Waals surface area contributed by atoms with Crippen LogP contribution >= 0.6 is 11.8 Å². The highest BCUT2D eigenvalue weighted by molar-refractivity contribution is 8.00. The number of nitrogens with zero attached hydrogens (tertiary/aromatic N) is 1. The maximum absolute atomic E-state index is 12.3. The Hall–Kier alpha value is -1.73. The molecule has 1 saturated heterocycles. The highest BCUT2D eigenvalue weighted by Crippen LogP contribution is 2.21. The summed E-state index contributed by atoms with van der Waals surface area (Å²) >= 11 is 1.54. The third kappa shape index (κ3) is 5.44. The van der Waals surface area contributed by atoms with E-state index in [-0.39, 0.29) is 11.8 Å². The molecule has 1 aromatic carbocycles. The van der Waals surface area contributed by atoms with Crippen molar-refractivity contribution >= 4 is 23.6 Å². The molecule has 7 heteroatoms. The van der Waals surface area contributed by atoms with Crippen molar-refractivity contribution in [3.63, 3.8) is 0 Å². The maximum atomic E-state index is 12.3. The van der Waals surface area contributed by atoms with Crippen molar-refractivity contribution in [2.24, 2.45) is 0 Å². The first-order valence-corrected chi connectivity index (χ1v) is 8.69. The quantitative estimate of drug-likeness (QED) is 0.671. The summed E-state index contributed by atoms with van der Waals surface area (Å²) in [6.45, 7) is 3.57. The summed E-state index contributed by atoms with van der Waals surface area (Å²) in [6.07, 6.45) is 0. The van der Waals surface area contributed by atoms with Gasteiger partial charge in [-0.1, -0.05) is 0 Å². The van der Waals surface area contributed by atoms with Crippen LogP contribution in [0.25, 0.3) is 0 Å². The number of carbonyl (C=O) groups excluding carboxylic acids is 2. The van der Waals surface area contributed by atoms with E-state index in [2.05, 4.69) is 5.32 Å². The first-order chi connectivity index (χ1) is 11.1. The number of benzene rings is 1. The number of amides is 2. The number of likely N-dealkylation sites (N-methyl/N-ethyl adjacent to an activating group) is 1. The number of quaternary nitrogens is 1. The van der Waals surface area contributed by atoms with Gasteiger partial charge >= 0.3 is 0 Å². The van der Waals surface area contributed by atoms with Crippen LogP contribution in [-0.2, 0) is 9.59 Å². The van der Waals surface area contributed by atoms with Gasteiger partial charge in [-0.25, -0.2) is 0 Å². The summed E-state index contributed by atoms with van der Waals surface area (Å²) in [4.78, 5) is 27.8. The number of carbonyl (C=O) groups is 2. The predicted octanol–water partition coefficient (Wildman–Crippen LogP) is -0.740. The molecule has 0 saturated carbocycles. The van der Waals surface area contributed by atoms with Gasteiger partial charge in [-0.05, 0) is 24.3 Å². The van der Waals surface area contributed by atoms with Gasteiger partial charge in [-0.3, -0.25) is 9.59 Å². The molecule has 23 heavy (non-hydrogen) atoms. The van der Waals surface area contributed by atoms with E-state index in [1.54, 1.807) is 14.2 Å². The lowest BCUT2D eigenvalue weighted by atomic mass is 10.3. The van der Waals surface area contributed by atoms with Crippen LogP contribution in [0, 0.1) is 0 Å². The van der Waals surface area contributed by atoms with Crippen LogP contribution in [0.1, 0.15) is 0 Å². The SMILES string of the molecule is CNC(=O)C[NH+]1CCN(C(=O)CSc2ccc(OC)cc2)CC1. The maximum Gasteiger partial charge on any atom is 0.274 e. The summed E-state index contributed by atoms with van der Waals surface area (Å²) < 4.78 is 5.12. The Kier molecular flexibility index (Phi) is 6.73. The molecule has 1 heterocycles. The second kappa shape index (κ2) is 8.79. The molecule has 0 bridgehead atoms. The predicted molar refractivity (Wildman–Crippen MR) is 89.9 cm³/mol. The first-order valence-electron chi connectivity index (χ1n) is 7.71. The third-order valence-electron chi connectivity index (χ3n) is 3.93. The fourth-order valence-electron chi connectivity index (χ4n) is 2.47. The monoisotopic (exact) mass is 338 g/mol. The summed E-state index contributed by atoms with van der Waals surface area (Å²) in [5.74, 6) is 1.47. The molecular weight excluding hydrogens is 314 g/mol. The molecule has 2 rings (SSSR count). The number of nitrogens with one attached hydrogen (secondary N) is 2. The summed E-state index contributed by atoms with van der Waals surface area (Å²) in [7, 11) is 3.29. The molecule has 2 N–H and O–H groups in total. The van der Waals surface area contributed by atoms with Gasteiger partial charge in [0.25, 0.3) is 5.91 Å². The normalized spacial score (nSPS) is 15.3. The number of ether oxygens (including phenoxy) is 1. The number of hydrogen-bond acceptors (Lipinski definition) is 4. The van der Waals surface area contributed by atoms with Crippen LogP contribution in [0.4, 0.5) is 0 Å². The Morgan fingerprint density at radius 3 is 2.48 bits per heavy atom. The van der Waals surface area contributed by atoms with E-state index >= 15 is 0 Å². The van der Waals surface area contributed by atoms with Crippen LogP contribution in [-0.4, -0.2) is 69.3 Å². The van der Waals surface area contributed by atoms with Crippen molar-refractivity contribution in [2.45, 2.75) is 4.90 Å². The molecule has 0 aliphatic carbocycles. The van der Waals surface area contributed by atoms with Crippen LogP contribution in [0.3, 0.4) is 0 Å².